The molecule has 0 aliphatic carbocycles. The van der Waals surface area contributed by atoms with Crippen molar-refractivity contribution in [3.63, 3.8) is 0 Å². The van der Waals surface area contributed by atoms with Crippen LogP contribution in [0.5, 0.6) is 5.75 Å². The van der Waals surface area contributed by atoms with Crippen LogP contribution in [0.3, 0.4) is 0 Å². The van der Waals surface area contributed by atoms with E-state index < -0.39 is 11.0 Å². The molecule has 5 heteroatoms. The van der Waals surface area contributed by atoms with Gasteiger partial charge in [0.05, 0.1) is 7.11 Å². The van der Waals surface area contributed by atoms with Gasteiger partial charge in [-0.25, -0.2) is 0 Å². The third kappa shape index (κ3) is 2.52. The molecule has 0 bridgehead atoms. The van der Waals surface area contributed by atoms with Gasteiger partial charge in [-0.3, -0.25) is 15.5 Å². The van der Waals surface area contributed by atoms with Gasteiger partial charge in [0.25, 0.3) is 6.04 Å². The second-order valence-electron chi connectivity index (χ2n) is 3.11. The molecule has 1 rings (SSSR count). The number of nitro groups is 1. The molecule has 0 aromatic heterocycles. The van der Waals surface area contributed by atoms with Crippen LogP contribution in [0.25, 0.3) is 0 Å². The molecule has 0 aliphatic heterocycles. The maximum atomic E-state index is 10.5. The molecular weight excluding hydrogens is 196 g/mol. The third-order valence-corrected chi connectivity index (χ3v) is 2.11. The van der Waals surface area contributed by atoms with Gasteiger partial charge in [0.2, 0.25) is 0 Å². The van der Waals surface area contributed by atoms with Crippen LogP contribution in [0.2, 0.25) is 0 Å². The predicted octanol–water partition coefficient (Wildman–Crippen LogP) is 1.73. The first-order valence-corrected chi connectivity index (χ1v) is 4.42. The monoisotopic (exact) mass is 208 g/mol. The molecule has 80 valence electrons. The normalized spacial score (nSPS) is 11.9. The fraction of sp³-hybridized carbons (Fsp3) is 0.300. The SMILES string of the molecule is COc1cccc(C(=N)C(C)[N+](=O)[O-])c1. The van der Waals surface area contributed by atoms with Crippen molar-refractivity contribution in [3.8, 4) is 5.75 Å². The molecule has 0 spiro atoms. The Morgan fingerprint density at radius 1 is 1.60 bits per heavy atom. The van der Waals surface area contributed by atoms with Crippen molar-refractivity contribution < 1.29 is 9.66 Å². The predicted molar refractivity (Wildman–Crippen MR) is 56.3 cm³/mol. The second-order valence-corrected chi connectivity index (χ2v) is 3.11. The summed E-state index contributed by atoms with van der Waals surface area (Å²) in [7, 11) is 1.51. The largest absolute Gasteiger partial charge is 0.497 e. The summed E-state index contributed by atoms with van der Waals surface area (Å²) >= 11 is 0. The molecule has 0 amide bonds. The smallest absolute Gasteiger partial charge is 0.251 e. The van der Waals surface area contributed by atoms with Gasteiger partial charge in [0, 0.05) is 17.4 Å². The van der Waals surface area contributed by atoms with Crippen molar-refractivity contribution in [1.29, 1.82) is 5.41 Å². The van der Waals surface area contributed by atoms with Gasteiger partial charge in [-0.1, -0.05) is 12.1 Å². The molecular formula is C10H12N2O3. The lowest BCUT2D eigenvalue weighted by molar-refractivity contribution is -0.498. The minimum absolute atomic E-state index is 0.0149. The standard InChI is InChI=1S/C10H12N2O3/c1-7(12(13)14)10(11)8-4-3-5-9(6-8)15-2/h3-7,11H,1-2H3. The molecule has 1 aromatic carbocycles. The fourth-order valence-corrected chi connectivity index (χ4v) is 1.14. The van der Waals surface area contributed by atoms with Crippen molar-refractivity contribution in [3.05, 3.63) is 39.9 Å². The van der Waals surface area contributed by atoms with E-state index in [1.54, 1.807) is 24.3 Å². The first-order valence-electron chi connectivity index (χ1n) is 4.42. The summed E-state index contributed by atoms with van der Waals surface area (Å²) in [6.07, 6.45) is 0. The Balaban J connectivity index is 2.96. The van der Waals surface area contributed by atoms with Crippen molar-refractivity contribution in [1.82, 2.24) is 0 Å². The summed E-state index contributed by atoms with van der Waals surface area (Å²) in [6, 6.07) is 5.70. The minimum Gasteiger partial charge on any atom is -0.497 e. The molecule has 0 radical (unpaired) electrons. The van der Waals surface area contributed by atoms with E-state index in [4.69, 9.17) is 10.1 Å². The summed E-state index contributed by atoms with van der Waals surface area (Å²) < 4.78 is 4.98. The Morgan fingerprint density at radius 2 is 2.27 bits per heavy atom. The van der Waals surface area contributed by atoms with E-state index in [0.29, 0.717) is 11.3 Å². The molecule has 0 saturated heterocycles. The maximum absolute atomic E-state index is 10.5. The zero-order valence-electron chi connectivity index (χ0n) is 8.56. The zero-order valence-corrected chi connectivity index (χ0v) is 8.56. The van der Waals surface area contributed by atoms with Crippen LogP contribution in [0.1, 0.15) is 12.5 Å². The molecule has 1 atom stereocenters. The van der Waals surface area contributed by atoms with E-state index >= 15 is 0 Å². The maximum Gasteiger partial charge on any atom is 0.251 e. The number of benzene rings is 1. The zero-order chi connectivity index (χ0) is 11.4. The molecule has 1 unspecified atom stereocenters. The van der Waals surface area contributed by atoms with E-state index in [0.717, 1.165) is 0 Å². The van der Waals surface area contributed by atoms with Gasteiger partial charge in [-0.2, -0.15) is 0 Å². The Labute approximate surface area is 87.3 Å². The molecule has 5 nitrogen and oxygen atoms in total. The van der Waals surface area contributed by atoms with Crippen molar-refractivity contribution in [2.24, 2.45) is 0 Å². The molecule has 1 N–H and O–H groups in total. The van der Waals surface area contributed by atoms with Gasteiger partial charge in [0.15, 0.2) is 0 Å². The number of ether oxygens (including phenoxy) is 1. The summed E-state index contributed by atoms with van der Waals surface area (Å²) in [5.41, 5.74) is 0.498. The summed E-state index contributed by atoms with van der Waals surface area (Å²) in [4.78, 5) is 10.0. The van der Waals surface area contributed by atoms with E-state index in [1.165, 1.54) is 14.0 Å². The third-order valence-electron chi connectivity index (χ3n) is 2.11. The highest BCUT2D eigenvalue weighted by atomic mass is 16.6. The molecule has 0 heterocycles. The highest BCUT2D eigenvalue weighted by molar-refractivity contribution is 6.01. The number of hydrogen-bond donors (Lipinski definition) is 1. The second kappa shape index (κ2) is 4.54. The molecule has 15 heavy (non-hydrogen) atoms. The number of methoxy groups -OCH3 is 1. The lowest BCUT2D eigenvalue weighted by atomic mass is 10.1. The van der Waals surface area contributed by atoms with Crippen molar-refractivity contribution in [2.75, 3.05) is 7.11 Å². The van der Waals surface area contributed by atoms with Gasteiger partial charge in [0.1, 0.15) is 11.5 Å². The van der Waals surface area contributed by atoms with E-state index in [9.17, 15) is 10.1 Å². The van der Waals surface area contributed by atoms with Gasteiger partial charge >= 0.3 is 0 Å². The number of nitrogens with zero attached hydrogens (tertiary/aromatic N) is 1. The van der Waals surface area contributed by atoms with Gasteiger partial charge < -0.3 is 4.74 Å². The van der Waals surface area contributed by atoms with Gasteiger partial charge in [-0.05, 0) is 12.1 Å². The van der Waals surface area contributed by atoms with Crippen LogP contribution in [0.4, 0.5) is 0 Å². The first kappa shape index (κ1) is 11.2. The molecule has 0 aliphatic rings. The fourth-order valence-electron chi connectivity index (χ4n) is 1.14. The summed E-state index contributed by atoms with van der Waals surface area (Å²) in [5, 5.41) is 18.1. The van der Waals surface area contributed by atoms with Crippen molar-refractivity contribution >= 4 is 5.71 Å². The average Bonchev–Trinajstić information content (AvgIpc) is 2.27. The minimum atomic E-state index is -1.00. The van der Waals surface area contributed by atoms with Crippen LogP contribution in [-0.4, -0.2) is 23.8 Å². The highest BCUT2D eigenvalue weighted by Crippen LogP contribution is 2.14. The first-order chi connectivity index (χ1) is 7.06. The Morgan fingerprint density at radius 3 is 2.80 bits per heavy atom. The molecule has 1 aromatic rings. The van der Waals surface area contributed by atoms with E-state index in [-0.39, 0.29) is 5.71 Å². The Bertz CT molecular complexity index is 390. The van der Waals surface area contributed by atoms with Crippen LogP contribution in [-0.2, 0) is 0 Å². The van der Waals surface area contributed by atoms with Crippen LogP contribution < -0.4 is 4.74 Å². The van der Waals surface area contributed by atoms with Crippen LogP contribution in [0.15, 0.2) is 24.3 Å². The molecule has 0 fully saturated rings. The number of hydrogen-bond acceptors (Lipinski definition) is 4. The highest BCUT2D eigenvalue weighted by Gasteiger charge is 2.20. The topological polar surface area (TPSA) is 76.2 Å². The quantitative estimate of drug-likeness (QED) is 0.465. The summed E-state index contributed by atoms with van der Waals surface area (Å²) in [6.45, 7) is 1.39. The Kier molecular flexibility index (Phi) is 3.38. The summed E-state index contributed by atoms with van der Waals surface area (Å²) in [5.74, 6) is 0.591. The Hall–Kier alpha value is -1.91. The van der Waals surface area contributed by atoms with Crippen molar-refractivity contribution in [2.45, 2.75) is 13.0 Å². The average molecular weight is 208 g/mol. The van der Waals surface area contributed by atoms with E-state index in [1.807, 2.05) is 0 Å². The lowest BCUT2D eigenvalue weighted by Gasteiger charge is -2.07. The van der Waals surface area contributed by atoms with Crippen LogP contribution >= 0.6 is 0 Å². The number of nitrogens with one attached hydrogen (secondary N) is 1. The van der Waals surface area contributed by atoms with Crippen LogP contribution in [0, 0.1) is 15.5 Å². The van der Waals surface area contributed by atoms with E-state index in [2.05, 4.69) is 0 Å². The van der Waals surface area contributed by atoms with Gasteiger partial charge in [-0.15, -0.1) is 0 Å². The lowest BCUT2D eigenvalue weighted by Crippen LogP contribution is -2.26. The molecule has 0 saturated carbocycles. The number of rotatable bonds is 4.